The van der Waals surface area contributed by atoms with E-state index in [0.717, 1.165) is 41.7 Å². The van der Waals surface area contributed by atoms with E-state index in [4.69, 9.17) is 10.5 Å². The van der Waals surface area contributed by atoms with Crippen LogP contribution in [0.2, 0.25) is 0 Å². The molecule has 0 aliphatic carbocycles. The molecule has 1 aliphatic rings. The second kappa shape index (κ2) is 4.55. The van der Waals surface area contributed by atoms with E-state index in [1.54, 1.807) is 23.5 Å². The summed E-state index contributed by atoms with van der Waals surface area (Å²) in [6, 6.07) is 5.36. The third-order valence-corrected chi connectivity index (χ3v) is 4.02. The summed E-state index contributed by atoms with van der Waals surface area (Å²) in [6.07, 6.45) is 0. The van der Waals surface area contributed by atoms with Crippen molar-refractivity contribution in [3.8, 4) is 0 Å². The predicted octanol–water partition coefficient (Wildman–Crippen LogP) is 1.23. The fourth-order valence-corrected chi connectivity index (χ4v) is 3.01. The summed E-state index contributed by atoms with van der Waals surface area (Å²) < 4.78 is 6.31. The summed E-state index contributed by atoms with van der Waals surface area (Å²) in [6.45, 7) is 3.20. The highest BCUT2D eigenvalue weighted by Gasteiger charge is 2.15. The van der Waals surface area contributed by atoms with E-state index in [0.29, 0.717) is 5.56 Å². The Labute approximate surface area is 108 Å². The third kappa shape index (κ3) is 2.04. The van der Waals surface area contributed by atoms with E-state index >= 15 is 0 Å². The largest absolute Gasteiger partial charge is 0.378 e. The van der Waals surface area contributed by atoms with Crippen molar-refractivity contribution in [3.63, 3.8) is 0 Å². The van der Waals surface area contributed by atoms with E-state index < -0.39 is 5.91 Å². The van der Waals surface area contributed by atoms with Crippen molar-refractivity contribution in [2.45, 2.75) is 0 Å². The summed E-state index contributed by atoms with van der Waals surface area (Å²) in [5.74, 6) is -0.404. The highest BCUT2D eigenvalue weighted by Crippen LogP contribution is 2.29. The first kappa shape index (κ1) is 11.4. The van der Waals surface area contributed by atoms with Crippen LogP contribution in [0.5, 0.6) is 0 Å². The summed E-state index contributed by atoms with van der Waals surface area (Å²) >= 11 is 1.59. The molecule has 1 amide bonds. The minimum absolute atomic E-state index is 0.404. The minimum atomic E-state index is -0.404. The van der Waals surface area contributed by atoms with Gasteiger partial charge in [0.1, 0.15) is 0 Å². The number of hydrogen-bond donors (Lipinski definition) is 1. The van der Waals surface area contributed by atoms with E-state index in [-0.39, 0.29) is 0 Å². The van der Waals surface area contributed by atoms with Crippen molar-refractivity contribution in [1.82, 2.24) is 4.98 Å². The highest BCUT2D eigenvalue weighted by molar-refractivity contribution is 7.22. The smallest absolute Gasteiger partial charge is 0.248 e. The van der Waals surface area contributed by atoms with Crippen molar-refractivity contribution in [2.75, 3.05) is 31.2 Å². The molecule has 5 nitrogen and oxygen atoms in total. The molecule has 0 atom stereocenters. The average Bonchev–Trinajstić information content (AvgIpc) is 2.82. The molecule has 0 unspecified atom stereocenters. The lowest BCUT2D eigenvalue weighted by Crippen LogP contribution is -2.36. The van der Waals surface area contributed by atoms with Gasteiger partial charge >= 0.3 is 0 Å². The zero-order chi connectivity index (χ0) is 12.5. The molecule has 0 spiro atoms. The lowest BCUT2D eigenvalue weighted by atomic mass is 10.2. The fraction of sp³-hybridized carbons (Fsp3) is 0.333. The number of benzene rings is 1. The van der Waals surface area contributed by atoms with Gasteiger partial charge in [-0.2, -0.15) is 0 Å². The molecule has 2 N–H and O–H groups in total. The first-order valence-electron chi connectivity index (χ1n) is 5.77. The second-order valence-corrected chi connectivity index (χ2v) is 5.15. The Morgan fingerprint density at radius 1 is 1.39 bits per heavy atom. The second-order valence-electron chi connectivity index (χ2n) is 4.14. The summed E-state index contributed by atoms with van der Waals surface area (Å²) in [4.78, 5) is 17.9. The zero-order valence-electron chi connectivity index (χ0n) is 9.76. The molecular weight excluding hydrogens is 250 g/mol. The van der Waals surface area contributed by atoms with E-state index in [1.807, 2.05) is 6.07 Å². The van der Waals surface area contributed by atoms with Crippen LogP contribution < -0.4 is 10.6 Å². The Bertz CT molecular complexity index is 590. The molecule has 1 aromatic carbocycles. The summed E-state index contributed by atoms with van der Waals surface area (Å²) in [7, 11) is 0. The molecule has 2 aromatic rings. The Morgan fingerprint density at radius 2 is 2.17 bits per heavy atom. The number of nitrogens with zero attached hydrogens (tertiary/aromatic N) is 2. The van der Waals surface area contributed by atoms with Crippen LogP contribution in [0, 0.1) is 0 Å². The molecule has 18 heavy (non-hydrogen) atoms. The number of rotatable bonds is 2. The van der Waals surface area contributed by atoms with Gasteiger partial charge < -0.3 is 15.4 Å². The Hall–Kier alpha value is -1.66. The summed E-state index contributed by atoms with van der Waals surface area (Å²) in [5, 5.41) is 0.981. The van der Waals surface area contributed by atoms with Gasteiger partial charge in [-0.1, -0.05) is 11.3 Å². The van der Waals surface area contributed by atoms with Crippen LogP contribution in [-0.4, -0.2) is 37.2 Å². The maximum absolute atomic E-state index is 11.1. The van der Waals surface area contributed by atoms with Gasteiger partial charge in [0.25, 0.3) is 0 Å². The van der Waals surface area contributed by atoms with Crippen LogP contribution in [0.4, 0.5) is 5.13 Å². The van der Waals surface area contributed by atoms with Gasteiger partial charge in [-0.15, -0.1) is 0 Å². The number of carbonyl (C=O) groups excluding carboxylic acids is 1. The lowest BCUT2D eigenvalue weighted by molar-refractivity contribution is 0.100. The Balaban J connectivity index is 1.97. The molecule has 94 valence electrons. The number of fused-ring (bicyclic) bond motifs is 1. The van der Waals surface area contributed by atoms with Gasteiger partial charge in [-0.05, 0) is 18.2 Å². The first-order valence-corrected chi connectivity index (χ1v) is 6.59. The van der Waals surface area contributed by atoms with Gasteiger partial charge in [-0.25, -0.2) is 4.98 Å². The number of morpholine rings is 1. The van der Waals surface area contributed by atoms with Crippen LogP contribution >= 0.6 is 11.3 Å². The SMILES string of the molecule is NC(=O)c1ccc2nc(N3CCOCC3)sc2c1. The molecule has 0 saturated carbocycles. The lowest BCUT2D eigenvalue weighted by Gasteiger charge is -2.25. The van der Waals surface area contributed by atoms with Crippen LogP contribution in [0.25, 0.3) is 10.2 Å². The molecule has 0 radical (unpaired) electrons. The number of anilines is 1. The van der Waals surface area contributed by atoms with Gasteiger partial charge in [0.2, 0.25) is 5.91 Å². The highest BCUT2D eigenvalue weighted by atomic mass is 32.1. The fourth-order valence-electron chi connectivity index (χ4n) is 1.96. The minimum Gasteiger partial charge on any atom is -0.378 e. The Kier molecular flexibility index (Phi) is 2.89. The molecule has 1 fully saturated rings. The molecule has 3 rings (SSSR count). The summed E-state index contributed by atoms with van der Waals surface area (Å²) in [5.41, 5.74) is 6.71. The van der Waals surface area contributed by atoms with Gasteiger partial charge in [0.05, 0.1) is 23.4 Å². The van der Waals surface area contributed by atoms with Crippen LogP contribution in [0.3, 0.4) is 0 Å². The molecule has 1 aromatic heterocycles. The molecule has 1 aliphatic heterocycles. The van der Waals surface area contributed by atoms with E-state index in [2.05, 4.69) is 9.88 Å². The first-order chi connectivity index (χ1) is 8.74. The van der Waals surface area contributed by atoms with Crippen molar-refractivity contribution < 1.29 is 9.53 Å². The number of aromatic nitrogens is 1. The van der Waals surface area contributed by atoms with Crippen LogP contribution in [-0.2, 0) is 4.74 Å². The van der Waals surface area contributed by atoms with Crippen molar-refractivity contribution in [2.24, 2.45) is 5.73 Å². The predicted molar refractivity (Wildman–Crippen MR) is 71.2 cm³/mol. The number of amides is 1. The quantitative estimate of drug-likeness (QED) is 0.885. The number of primary amides is 1. The van der Waals surface area contributed by atoms with Crippen molar-refractivity contribution >= 4 is 32.6 Å². The number of nitrogens with two attached hydrogens (primary N) is 1. The maximum Gasteiger partial charge on any atom is 0.248 e. The number of hydrogen-bond acceptors (Lipinski definition) is 5. The monoisotopic (exact) mass is 263 g/mol. The van der Waals surface area contributed by atoms with Gasteiger partial charge in [-0.3, -0.25) is 4.79 Å². The topological polar surface area (TPSA) is 68.5 Å². The average molecular weight is 263 g/mol. The molecular formula is C12H13N3O2S. The van der Waals surface area contributed by atoms with Crippen LogP contribution in [0.15, 0.2) is 18.2 Å². The molecule has 1 saturated heterocycles. The number of carbonyl (C=O) groups is 1. The molecule has 2 heterocycles. The van der Waals surface area contributed by atoms with Gasteiger partial charge in [0, 0.05) is 18.7 Å². The van der Waals surface area contributed by atoms with E-state index in [1.165, 1.54) is 0 Å². The third-order valence-electron chi connectivity index (χ3n) is 2.94. The maximum atomic E-state index is 11.1. The van der Waals surface area contributed by atoms with Crippen molar-refractivity contribution in [3.05, 3.63) is 23.8 Å². The van der Waals surface area contributed by atoms with Gasteiger partial charge in [0.15, 0.2) is 5.13 Å². The molecule has 6 heteroatoms. The van der Waals surface area contributed by atoms with E-state index in [9.17, 15) is 4.79 Å². The number of ether oxygens (including phenoxy) is 1. The Morgan fingerprint density at radius 3 is 2.89 bits per heavy atom. The standard InChI is InChI=1S/C12H13N3O2S/c13-11(16)8-1-2-9-10(7-8)18-12(14-9)15-3-5-17-6-4-15/h1-2,7H,3-6H2,(H2,13,16). The molecule has 0 bridgehead atoms. The number of thiazole rings is 1. The zero-order valence-corrected chi connectivity index (χ0v) is 10.6. The van der Waals surface area contributed by atoms with Crippen molar-refractivity contribution in [1.29, 1.82) is 0 Å². The van der Waals surface area contributed by atoms with Crippen LogP contribution in [0.1, 0.15) is 10.4 Å². The normalized spacial score (nSPS) is 16.1.